The summed E-state index contributed by atoms with van der Waals surface area (Å²) in [6.07, 6.45) is 1.36. The lowest BCUT2D eigenvalue weighted by atomic mass is 9.98. The standard InChI is InChI=1S/C25H23ClN2O2/c1-3-16(2)18-9-12-23-22(15-18)28-25(30-23)19-5-4-6-21(14-19)27-24(29)13-17-7-10-20(26)11-8-17/h4-12,14-16H,3,13H2,1-2H3,(H,27,29). The Balaban J connectivity index is 1.52. The fraction of sp³-hybridized carbons (Fsp3) is 0.200. The fourth-order valence-corrected chi connectivity index (χ4v) is 3.46. The van der Waals surface area contributed by atoms with Gasteiger partial charge in [0.05, 0.1) is 6.42 Å². The first-order valence-electron chi connectivity index (χ1n) is 10.1. The van der Waals surface area contributed by atoms with Gasteiger partial charge in [0.15, 0.2) is 5.58 Å². The second-order valence-corrected chi connectivity index (χ2v) is 7.92. The minimum Gasteiger partial charge on any atom is -0.436 e. The van der Waals surface area contributed by atoms with Crippen LogP contribution in [0.2, 0.25) is 5.02 Å². The number of aromatic nitrogens is 1. The van der Waals surface area contributed by atoms with E-state index in [4.69, 9.17) is 16.0 Å². The van der Waals surface area contributed by atoms with Gasteiger partial charge in [-0.05, 0) is 65.9 Å². The summed E-state index contributed by atoms with van der Waals surface area (Å²) < 4.78 is 5.95. The number of hydrogen-bond acceptors (Lipinski definition) is 3. The zero-order valence-corrected chi connectivity index (χ0v) is 17.7. The van der Waals surface area contributed by atoms with Crippen molar-refractivity contribution in [2.24, 2.45) is 0 Å². The van der Waals surface area contributed by atoms with Gasteiger partial charge < -0.3 is 9.73 Å². The SMILES string of the molecule is CCC(C)c1ccc2oc(-c3cccc(NC(=O)Cc4ccc(Cl)cc4)c3)nc2c1. The molecule has 5 heteroatoms. The van der Waals surface area contributed by atoms with Crippen LogP contribution in [0, 0.1) is 0 Å². The van der Waals surface area contributed by atoms with E-state index >= 15 is 0 Å². The van der Waals surface area contributed by atoms with Crippen molar-refractivity contribution < 1.29 is 9.21 Å². The van der Waals surface area contributed by atoms with Crippen molar-refractivity contribution in [3.8, 4) is 11.5 Å². The number of amides is 1. The molecule has 1 aromatic heterocycles. The smallest absolute Gasteiger partial charge is 0.228 e. The van der Waals surface area contributed by atoms with Gasteiger partial charge in [-0.25, -0.2) is 4.98 Å². The Bertz CT molecular complexity index is 1180. The van der Waals surface area contributed by atoms with Crippen LogP contribution in [0.25, 0.3) is 22.6 Å². The highest BCUT2D eigenvalue weighted by Crippen LogP contribution is 2.29. The largest absolute Gasteiger partial charge is 0.436 e. The molecule has 0 bridgehead atoms. The molecular formula is C25H23ClN2O2. The minimum atomic E-state index is -0.0924. The third-order valence-corrected chi connectivity index (χ3v) is 5.52. The molecular weight excluding hydrogens is 396 g/mol. The molecule has 4 rings (SSSR count). The van der Waals surface area contributed by atoms with Gasteiger partial charge in [0.2, 0.25) is 11.8 Å². The number of carbonyl (C=O) groups is 1. The van der Waals surface area contributed by atoms with Crippen molar-refractivity contribution in [1.82, 2.24) is 4.98 Å². The van der Waals surface area contributed by atoms with Gasteiger partial charge in [0, 0.05) is 16.3 Å². The predicted molar refractivity (Wildman–Crippen MR) is 122 cm³/mol. The Morgan fingerprint density at radius 3 is 2.67 bits per heavy atom. The third kappa shape index (κ3) is 4.55. The summed E-state index contributed by atoms with van der Waals surface area (Å²) >= 11 is 5.90. The summed E-state index contributed by atoms with van der Waals surface area (Å²) in [7, 11) is 0. The number of carbonyl (C=O) groups excluding carboxylic acids is 1. The second-order valence-electron chi connectivity index (χ2n) is 7.49. The maximum absolute atomic E-state index is 12.4. The normalized spacial score (nSPS) is 12.1. The van der Waals surface area contributed by atoms with E-state index in [9.17, 15) is 4.79 Å². The number of rotatable bonds is 6. The average molecular weight is 419 g/mol. The van der Waals surface area contributed by atoms with E-state index in [1.165, 1.54) is 5.56 Å². The number of fused-ring (bicyclic) bond motifs is 1. The number of halogens is 1. The zero-order valence-electron chi connectivity index (χ0n) is 17.0. The van der Waals surface area contributed by atoms with Crippen LogP contribution < -0.4 is 5.32 Å². The first-order chi connectivity index (χ1) is 14.5. The lowest BCUT2D eigenvalue weighted by Crippen LogP contribution is -2.14. The lowest BCUT2D eigenvalue weighted by Gasteiger charge is -2.07. The van der Waals surface area contributed by atoms with Crippen LogP contribution in [0.3, 0.4) is 0 Å². The Hall–Kier alpha value is -3.11. The summed E-state index contributed by atoms with van der Waals surface area (Å²) in [4.78, 5) is 17.1. The number of oxazole rings is 1. The maximum Gasteiger partial charge on any atom is 0.228 e. The van der Waals surface area contributed by atoms with Gasteiger partial charge in [0.1, 0.15) is 5.52 Å². The molecule has 3 aromatic carbocycles. The number of nitrogens with one attached hydrogen (secondary N) is 1. The summed E-state index contributed by atoms with van der Waals surface area (Å²) in [5.74, 6) is 0.930. The van der Waals surface area contributed by atoms with Crippen LogP contribution in [0.15, 0.2) is 71.1 Å². The number of nitrogens with zero attached hydrogens (tertiary/aromatic N) is 1. The van der Waals surface area contributed by atoms with Crippen molar-refractivity contribution in [1.29, 1.82) is 0 Å². The van der Waals surface area contributed by atoms with Crippen LogP contribution in [0.4, 0.5) is 5.69 Å². The van der Waals surface area contributed by atoms with Crippen LogP contribution in [-0.2, 0) is 11.2 Å². The predicted octanol–water partition coefficient (Wildman–Crippen LogP) is 6.84. The summed E-state index contributed by atoms with van der Waals surface area (Å²) in [5, 5.41) is 3.59. The van der Waals surface area contributed by atoms with Crippen molar-refractivity contribution in [2.45, 2.75) is 32.6 Å². The Morgan fingerprint density at radius 2 is 1.90 bits per heavy atom. The average Bonchev–Trinajstić information content (AvgIpc) is 3.18. The Morgan fingerprint density at radius 1 is 1.10 bits per heavy atom. The third-order valence-electron chi connectivity index (χ3n) is 5.26. The van der Waals surface area contributed by atoms with E-state index in [1.54, 1.807) is 12.1 Å². The van der Waals surface area contributed by atoms with E-state index in [2.05, 4.69) is 36.3 Å². The maximum atomic E-state index is 12.4. The van der Waals surface area contributed by atoms with Crippen molar-refractivity contribution in [3.63, 3.8) is 0 Å². The molecule has 0 aliphatic carbocycles. The second kappa shape index (κ2) is 8.72. The quantitative estimate of drug-likeness (QED) is 0.372. The molecule has 0 fully saturated rings. The molecule has 0 aliphatic heterocycles. The number of hydrogen-bond donors (Lipinski definition) is 1. The molecule has 0 radical (unpaired) electrons. The van der Waals surface area contributed by atoms with E-state index in [0.29, 0.717) is 22.5 Å². The van der Waals surface area contributed by atoms with Crippen LogP contribution in [0.5, 0.6) is 0 Å². The van der Waals surface area contributed by atoms with Gasteiger partial charge in [-0.2, -0.15) is 0 Å². The molecule has 1 amide bonds. The number of benzene rings is 3. The Labute approximate surface area is 180 Å². The summed E-state index contributed by atoms with van der Waals surface area (Å²) in [6, 6.07) is 21.0. The number of anilines is 1. The van der Waals surface area contributed by atoms with Crippen LogP contribution in [0.1, 0.15) is 37.3 Å². The van der Waals surface area contributed by atoms with Crippen molar-refractivity contribution in [3.05, 3.63) is 82.9 Å². The molecule has 30 heavy (non-hydrogen) atoms. The summed E-state index contributed by atoms with van der Waals surface area (Å²) in [5.41, 5.74) is 5.29. The van der Waals surface area contributed by atoms with E-state index in [0.717, 1.165) is 28.6 Å². The molecule has 0 saturated heterocycles. The highest BCUT2D eigenvalue weighted by atomic mass is 35.5. The highest BCUT2D eigenvalue weighted by molar-refractivity contribution is 6.30. The summed E-state index contributed by atoms with van der Waals surface area (Å²) in [6.45, 7) is 4.38. The van der Waals surface area contributed by atoms with Crippen LogP contribution >= 0.6 is 11.6 Å². The topological polar surface area (TPSA) is 55.1 Å². The first-order valence-corrected chi connectivity index (χ1v) is 10.4. The molecule has 0 aliphatic rings. The molecule has 1 N–H and O–H groups in total. The van der Waals surface area contributed by atoms with Gasteiger partial charge in [-0.1, -0.05) is 49.7 Å². The fourth-order valence-electron chi connectivity index (χ4n) is 3.33. The zero-order chi connectivity index (χ0) is 21.1. The molecule has 152 valence electrons. The minimum absolute atomic E-state index is 0.0924. The van der Waals surface area contributed by atoms with E-state index < -0.39 is 0 Å². The molecule has 0 saturated carbocycles. The molecule has 0 spiro atoms. The lowest BCUT2D eigenvalue weighted by molar-refractivity contribution is -0.115. The van der Waals surface area contributed by atoms with Gasteiger partial charge in [-0.15, -0.1) is 0 Å². The van der Waals surface area contributed by atoms with E-state index in [1.807, 2.05) is 42.5 Å². The molecule has 1 heterocycles. The molecule has 4 nitrogen and oxygen atoms in total. The van der Waals surface area contributed by atoms with Crippen molar-refractivity contribution in [2.75, 3.05) is 5.32 Å². The Kier molecular flexibility index (Phi) is 5.86. The molecule has 1 atom stereocenters. The highest BCUT2D eigenvalue weighted by Gasteiger charge is 2.12. The molecule has 4 aromatic rings. The van der Waals surface area contributed by atoms with E-state index in [-0.39, 0.29) is 12.3 Å². The van der Waals surface area contributed by atoms with Gasteiger partial charge in [-0.3, -0.25) is 4.79 Å². The van der Waals surface area contributed by atoms with Crippen molar-refractivity contribution >= 4 is 34.3 Å². The van der Waals surface area contributed by atoms with Crippen LogP contribution in [-0.4, -0.2) is 10.9 Å². The monoisotopic (exact) mass is 418 g/mol. The first kappa shape index (κ1) is 20.2. The molecule has 1 unspecified atom stereocenters. The van der Waals surface area contributed by atoms with Gasteiger partial charge >= 0.3 is 0 Å². The van der Waals surface area contributed by atoms with Gasteiger partial charge in [0.25, 0.3) is 0 Å².